The largest absolute Gasteiger partial charge is 0.497 e. The Labute approximate surface area is 109 Å². The van der Waals surface area contributed by atoms with Crippen LogP contribution >= 0.6 is 11.5 Å². The van der Waals surface area contributed by atoms with Crippen LogP contribution in [-0.2, 0) is 6.42 Å². The summed E-state index contributed by atoms with van der Waals surface area (Å²) >= 11 is 1.45. The molecule has 0 radical (unpaired) electrons. The lowest BCUT2D eigenvalue weighted by molar-refractivity contribution is 0.414. The van der Waals surface area contributed by atoms with Crippen molar-refractivity contribution in [3.8, 4) is 5.75 Å². The lowest BCUT2D eigenvalue weighted by atomic mass is 10.0. The van der Waals surface area contributed by atoms with Crippen LogP contribution in [0.4, 0.5) is 0 Å². The number of rotatable bonds is 3. The van der Waals surface area contributed by atoms with Gasteiger partial charge in [0, 0.05) is 0 Å². The molecule has 0 atom stereocenters. The van der Waals surface area contributed by atoms with E-state index in [4.69, 9.17) is 4.74 Å². The van der Waals surface area contributed by atoms with Crippen LogP contribution in [0.1, 0.15) is 11.1 Å². The Morgan fingerprint density at radius 3 is 2.94 bits per heavy atom. The van der Waals surface area contributed by atoms with Gasteiger partial charge in [0.05, 0.1) is 11.8 Å². The van der Waals surface area contributed by atoms with Crippen LogP contribution in [-0.4, -0.2) is 16.7 Å². The van der Waals surface area contributed by atoms with Crippen molar-refractivity contribution in [2.24, 2.45) is 0 Å². The first-order chi connectivity index (χ1) is 8.86. The smallest absolute Gasteiger partial charge is 0.119 e. The molecule has 0 fully saturated rings. The van der Waals surface area contributed by atoms with Crippen LogP contribution in [0.15, 0.2) is 42.5 Å². The third kappa shape index (κ3) is 2.07. The summed E-state index contributed by atoms with van der Waals surface area (Å²) < 4.78 is 10.4. The van der Waals surface area contributed by atoms with E-state index < -0.39 is 0 Å². The molecule has 0 unspecified atom stereocenters. The van der Waals surface area contributed by atoms with Crippen molar-refractivity contribution >= 4 is 21.7 Å². The van der Waals surface area contributed by atoms with Gasteiger partial charge >= 0.3 is 0 Å². The molecule has 1 aromatic heterocycles. The van der Waals surface area contributed by atoms with E-state index in [0.717, 1.165) is 17.7 Å². The minimum absolute atomic E-state index is 0.873. The number of methoxy groups -OCH3 is 1. The zero-order valence-electron chi connectivity index (χ0n) is 9.96. The fourth-order valence-corrected chi connectivity index (χ4v) is 2.67. The normalized spacial score (nSPS) is 10.7. The van der Waals surface area contributed by atoms with Crippen LogP contribution in [0.2, 0.25) is 0 Å². The first-order valence-electron chi connectivity index (χ1n) is 5.70. The highest BCUT2D eigenvalue weighted by molar-refractivity contribution is 7.13. The predicted molar refractivity (Wildman–Crippen MR) is 73.2 cm³/mol. The van der Waals surface area contributed by atoms with Gasteiger partial charge in [0.25, 0.3) is 0 Å². The molecule has 0 saturated heterocycles. The zero-order chi connectivity index (χ0) is 12.4. The van der Waals surface area contributed by atoms with Crippen molar-refractivity contribution in [2.45, 2.75) is 6.42 Å². The Hall–Kier alpha value is -1.94. The Balaban J connectivity index is 1.98. The fraction of sp³-hybridized carbons (Fsp3) is 0.143. The number of aromatic nitrogens is 2. The summed E-state index contributed by atoms with van der Waals surface area (Å²) in [4.78, 5) is 0. The second kappa shape index (κ2) is 4.74. The van der Waals surface area contributed by atoms with Gasteiger partial charge in [0.15, 0.2) is 0 Å². The molecule has 90 valence electrons. The highest BCUT2D eigenvalue weighted by atomic mass is 32.1. The number of ether oxygens (including phenoxy) is 1. The van der Waals surface area contributed by atoms with E-state index in [1.165, 1.54) is 27.4 Å². The molecule has 0 bridgehead atoms. The van der Waals surface area contributed by atoms with Crippen LogP contribution in [0.25, 0.3) is 10.2 Å². The fourth-order valence-electron chi connectivity index (χ4n) is 2.00. The van der Waals surface area contributed by atoms with Crippen LogP contribution in [0.3, 0.4) is 0 Å². The molecule has 2 aromatic carbocycles. The molecule has 4 heteroatoms. The van der Waals surface area contributed by atoms with Crippen LogP contribution in [0, 0.1) is 0 Å². The molecule has 3 aromatic rings. The minimum atomic E-state index is 0.873. The van der Waals surface area contributed by atoms with Gasteiger partial charge in [0.1, 0.15) is 11.3 Å². The predicted octanol–water partition coefficient (Wildman–Crippen LogP) is 3.29. The molecule has 0 saturated carbocycles. The van der Waals surface area contributed by atoms with Gasteiger partial charge < -0.3 is 4.74 Å². The molecule has 0 amide bonds. The van der Waals surface area contributed by atoms with Crippen LogP contribution < -0.4 is 4.74 Å². The Kier molecular flexibility index (Phi) is 2.94. The van der Waals surface area contributed by atoms with Crippen molar-refractivity contribution < 1.29 is 4.74 Å². The SMILES string of the molecule is COc1cccc(Cc2cccc3nnsc23)c1. The average Bonchev–Trinajstić information content (AvgIpc) is 2.88. The van der Waals surface area contributed by atoms with Crippen molar-refractivity contribution in [1.29, 1.82) is 0 Å². The molecule has 0 aliphatic carbocycles. The number of hydrogen-bond donors (Lipinski definition) is 0. The van der Waals surface area contributed by atoms with Crippen molar-refractivity contribution in [3.63, 3.8) is 0 Å². The van der Waals surface area contributed by atoms with Gasteiger partial charge in [-0.3, -0.25) is 0 Å². The summed E-state index contributed by atoms with van der Waals surface area (Å²) in [5, 5.41) is 4.10. The summed E-state index contributed by atoms with van der Waals surface area (Å²) in [6.45, 7) is 0. The van der Waals surface area contributed by atoms with Crippen LogP contribution in [0.5, 0.6) is 5.75 Å². The highest BCUT2D eigenvalue weighted by Crippen LogP contribution is 2.24. The lowest BCUT2D eigenvalue weighted by Gasteiger charge is -2.05. The summed E-state index contributed by atoms with van der Waals surface area (Å²) in [5.74, 6) is 0.891. The van der Waals surface area contributed by atoms with E-state index in [2.05, 4.69) is 27.8 Å². The molecular weight excluding hydrogens is 244 g/mol. The standard InChI is InChI=1S/C14H12N2OS/c1-17-12-6-2-4-10(9-12)8-11-5-3-7-13-14(11)18-16-15-13/h2-7,9H,8H2,1H3. The molecule has 3 rings (SSSR count). The topological polar surface area (TPSA) is 35.0 Å². The van der Waals surface area contributed by atoms with Gasteiger partial charge in [0.2, 0.25) is 0 Å². The number of nitrogens with zero attached hydrogens (tertiary/aromatic N) is 2. The summed E-state index contributed by atoms with van der Waals surface area (Å²) in [7, 11) is 1.69. The summed E-state index contributed by atoms with van der Waals surface area (Å²) in [6.07, 6.45) is 0.873. The van der Waals surface area contributed by atoms with E-state index in [9.17, 15) is 0 Å². The average molecular weight is 256 g/mol. The lowest BCUT2D eigenvalue weighted by Crippen LogP contribution is -1.90. The highest BCUT2D eigenvalue weighted by Gasteiger charge is 2.05. The first-order valence-corrected chi connectivity index (χ1v) is 6.47. The Morgan fingerprint density at radius 2 is 2.06 bits per heavy atom. The summed E-state index contributed by atoms with van der Waals surface area (Å²) in [5.41, 5.74) is 3.46. The maximum absolute atomic E-state index is 5.24. The van der Waals surface area contributed by atoms with E-state index in [1.807, 2.05) is 24.3 Å². The Bertz CT molecular complexity index is 678. The number of fused-ring (bicyclic) bond motifs is 1. The number of benzene rings is 2. The van der Waals surface area contributed by atoms with Gasteiger partial charge in [-0.1, -0.05) is 28.8 Å². The van der Waals surface area contributed by atoms with Crippen molar-refractivity contribution in [2.75, 3.05) is 7.11 Å². The van der Waals surface area contributed by atoms with Gasteiger partial charge in [-0.05, 0) is 47.3 Å². The summed E-state index contributed by atoms with van der Waals surface area (Å²) in [6, 6.07) is 14.3. The van der Waals surface area contributed by atoms with Gasteiger partial charge in [-0.15, -0.1) is 5.10 Å². The van der Waals surface area contributed by atoms with E-state index in [0.29, 0.717) is 0 Å². The molecule has 0 spiro atoms. The van der Waals surface area contributed by atoms with Gasteiger partial charge in [-0.2, -0.15) is 0 Å². The molecule has 0 aliphatic rings. The molecule has 0 aliphatic heterocycles. The monoisotopic (exact) mass is 256 g/mol. The van der Waals surface area contributed by atoms with Crippen molar-refractivity contribution in [1.82, 2.24) is 9.59 Å². The second-order valence-corrected chi connectivity index (χ2v) is 4.82. The van der Waals surface area contributed by atoms with E-state index >= 15 is 0 Å². The molecular formula is C14H12N2OS. The number of hydrogen-bond acceptors (Lipinski definition) is 4. The third-order valence-electron chi connectivity index (χ3n) is 2.89. The van der Waals surface area contributed by atoms with E-state index in [-0.39, 0.29) is 0 Å². The quantitative estimate of drug-likeness (QED) is 0.721. The zero-order valence-corrected chi connectivity index (χ0v) is 10.8. The maximum Gasteiger partial charge on any atom is 0.119 e. The second-order valence-electron chi connectivity index (χ2n) is 4.07. The maximum atomic E-state index is 5.24. The molecule has 3 nitrogen and oxygen atoms in total. The molecule has 18 heavy (non-hydrogen) atoms. The van der Waals surface area contributed by atoms with Crippen molar-refractivity contribution in [3.05, 3.63) is 53.6 Å². The first kappa shape index (κ1) is 11.2. The molecule has 0 N–H and O–H groups in total. The van der Waals surface area contributed by atoms with E-state index in [1.54, 1.807) is 7.11 Å². The molecule has 1 heterocycles. The van der Waals surface area contributed by atoms with Gasteiger partial charge in [-0.25, -0.2) is 0 Å². The Morgan fingerprint density at radius 1 is 1.17 bits per heavy atom. The minimum Gasteiger partial charge on any atom is -0.497 e. The third-order valence-corrected chi connectivity index (χ3v) is 3.70.